The first-order valence-corrected chi connectivity index (χ1v) is 12.4. The van der Waals surface area contributed by atoms with Gasteiger partial charge in [0.2, 0.25) is 10.0 Å². The maximum Gasteiger partial charge on any atom is 0.216 e. The molecule has 0 atom stereocenters. The minimum Gasteiger partial charge on any atom is -0.357 e. The molecule has 0 spiro atoms. The van der Waals surface area contributed by atoms with Crippen molar-refractivity contribution in [2.24, 2.45) is 4.99 Å². The van der Waals surface area contributed by atoms with Crippen molar-refractivity contribution in [2.75, 3.05) is 20.1 Å². The van der Waals surface area contributed by atoms with Crippen LogP contribution in [-0.2, 0) is 28.7 Å². The molecule has 168 valence electrons. The van der Waals surface area contributed by atoms with E-state index in [1.165, 1.54) is 4.88 Å². The monoisotopic (exact) mass is 564 g/mol. The SMILES string of the molecule is CCNC(=NCc1ccccc1CS(=O)(=O)NC(C)C)N(C)CCc1cccs1.I. The van der Waals surface area contributed by atoms with Gasteiger partial charge < -0.3 is 10.2 Å². The van der Waals surface area contributed by atoms with Gasteiger partial charge in [-0.3, -0.25) is 0 Å². The number of nitrogens with one attached hydrogen (secondary N) is 2. The van der Waals surface area contributed by atoms with Crippen LogP contribution in [0.2, 0.25) is 0 Å². The molecule has 2 rings (SSSR count). The summed E-state index contributed by atoms with van der Waals surface area (Å²) in [5.41, 5.74) is 1.70. The van der Waals surface area contributed by atoms with Gasteiger partial charge in [0.1, 0.15) is 0 Å². The quantitative estimate of drug-likeness (QED) is 0.262. The zero-order chi connectivity index (χ0) is 21.3. The molecule has 1 aromatic carbocycles. The van der Waals surface area contributed by atoms with Gasteiger partial charge in [-0.2, -0.15) is 0 Å². The highest BCUT2D eigenvalue weighted by Crippen LogP contribution is 2.14. The summed E-state index contributed by atoms with van der Waals surface area (Å²) in [5.74, 6) is 0.781. The van der Waals surface area contributed by atoms with Gasteiger partial charge in [0.25, 0.3) is 0 Å². The number of halogens is 1. The van der Waals surface area contributed by atoms with E-state index in [4.69, 9.17) is 4.99 Å². The Kier molecular flexibility index (Phi) is 11.9. The van der Waals surface area contributed by atoms with Crippen LogP contribution in [0.3, 0.4) is 0 Å². The molecule has 2 aromatic rings. The Balaban J connectivity index is 0.00000450. The lowest BCUT2D eigenvalue weighted by Crippen LogP contribution is -2.39. The van der Waals surface area contributed by atoms with Gasteiger partial charge >= 0.3 is 0 Å². The second-order valence-electron chi connectivity index (χ2n) is 7.22. The highest BCUT2D eigenvalue weighted by Gasteiger charge is 2.15. The van der Waals surface area contributed by atoms with Crippen molar-refractivity contribution < 1.29 is 8.42 Å². The first-order chi connectivity index (χ1) is 13.8. The van der Waals surface area contributed by atoms with Gasteiger partial charge in [-0.05, 0) is 49.8 Å². The van der Waals surface area contributed by atoms with Gasteiger partial charge in [-0.25, -0.2) is 18.1 Å². The summed E-state index contributed by atoms with van der Waals surface area (Å²) in [5, 5.41) is 5.42. The largest absolute Gasteiger partial charge is 0.357 e. The highest BCUT2D eigenvalue weighted by molar-refractivity contribution is 14.0. The molecule has 0 aliphatic rings. The molecule has 0 saturated carbocycles. The number of likely N-dealkylation sites (N-methyl/N-ethyl adjacent to an activating group) is 1. The molecule has 1 aromatic heterocycles. The summed E-state index contributed by atoms with van der Waals surface area (Å²) in [6.07, 6.45) is 0.967. The summed E-state index contributed by atoms with van der Waals surface area (Å²) in [4.78, 5) is 8.22. The third-order valence-corrected chi connectivity index (χ3v) is 6.71. The maximum atomic E-state index is 12.3. The predicted molar refractivity (Wildman–Crippen MR) is 138 cm³/mol. The molecule has 0 unspecified atom stereocenters. The average molecular weight is 565 g/mol. The fourth-order valence-electron chi connectivity index (χ4n) is 2.93. The topological polar surface area (TPSA) is 73.8 Å². The summed E-state index contributed by atoms with van der Waals surface area (Å²) >= 11 is 1.76. The maximum absolute atomic E-state index is 12.3. The van der Waals surface area contributed by atoms with Crippen LogP contribution in [0.5, 0.6) is 0 Å². The van der Waals surface area contributed by atoms with Crippen molar-refractivity contribution >= 4 is 51.3 Å². The number of nitrogens with zero attached hydrogens (tertiary/aromatic N) is 2. The van der Waals surface area contributed by atoms with E-state index in [1.54, 1.807) is 11.3 Å². The van der Waals surface area contributed by atoms with Crippen LogP contribution in [0, 0.1) is 0 Å². The molecule has 2 N–H and O–H groups in total. The van der Waals surface area contributed by atoms with Crippen molar-refractivity contribution in [3.63, 3.8) is 0 Å². The molecular formula is C21H33IN4O2S2. The number of hydrogen-bond donors (Lipinski definition) is 2. The van der Waals surface area contributed by atoms with E-state index < -0.39 is 10.0 Å². The fourth-order valence-corrected chi connectivity index (χ4v) is 5.12. The van der Waals surface area contributed by atoms with E-state index in [2.05, 4.69) is 32.5 Å². The molecule has 0 fully saturated rings. The minimum absolute atomic E-state index is 0. The molecule has 30 heavy (non-hydrogen) atoms. The number of sulfonamides is 1. The van der Waals surface area contributed by atoms with Crippen molar-refractivity contribution in [2.45, 2.75) is 45.5 Å². The van der Waals surface area contributed by atoms with Crippen molar-refractivity contribution in [3.8, 4) is 0 Å². The molecular weight excluding hydrogens is 531 g/mol. The molecule has 0 aliphatic carbocycles. The molecule has 0 bridgehead atoms. The van der Waals surface area contributed by atoms with Gasteiger partial charge in [-0.1, -0.05) is 30.3 Å². The Morgan fingerprint density at radius 2 is 1.87 bits per heavy atom. The molecule has 1 heterocycles. The Morgan fingerprint density at radius 1 is 1.17 bits per heavy atom. The Bertz CT molecular complexity index is 884. The lowest BCUT2D eigenvalue weighted by atomic mass is 10.1. The Hall–Kier alpha value is -1.17. The summed E-state index contributed by atoms with van der Waals surface area (Å²) in [6.45, 7) is 7.75. The number of hydrogen-bond acceptors (Lipinski definition) is 4. The van der Waals surface area contributed by atoms with Gasteiger partial charge in [0, 0.05) is 31.1 Å². The van der Waals surface area contributed by atoms with Crippen molar-refractivity contribution in [3.05, 3.63) is 57.8 Å². The van der Waals surface area contributed by atoms with Crippen molar-refractivity contribution in [1.82, 2.24) is 14.9 Å². The van der Waals surface area contributed by atoms with Gasteiger partial charge in [-0.15, -0.1) is 35.3 Å². The van der Waals surface area contributed by atoms with E-state index in [9.17, 15) is 8.42 Å². The Labute approximate surface area is 202 Å². The van der Waals surface area contributed by atoms with Gasteiger partial charge in [0.15, 0.2) is 5.96 Å². The van der Waals surface area contributed by atoms with Crippen LogP contribution < -0.4 is 10.0 Å². The third-order valence-electron chi connectivity index (χ3n) is 4.25. The number of guanidine groups is 1. The molecule has 0 aliphatic heterocycles. The smallest absolute Gasteiger partial charge is 0.216 e. The van der Waals surface area contributed by atoms with E-state index >= 15 is 0 Å². The molecule has 0 amide bonds. The summed E-state index contributed by atoms with van der Waals surface area (Å²) in [6, 6.07) is 11.7. The molecule has 9 heteroatoms. The predicted octanol–water partition coefficient (Wildman–Crippen LogP) is 3.83. The van der Waals surface area contributed by atoms with E-state index in [0.717, 1.165) is 36.6 Å². The van der Waals surface area contributed by atoms with E-state index in [0.29, 0.717) is 6.54 Å². The van der Waals surface area contributed by atoms with Crippen LogP contribution in [0.25, 0.3) is 0 Å². The number of benzene rings is 1. The van der Waals surface area contributed by atoms with Crippen molar-refractivity contribution in [1.29, 1.82) is 0 Å². The summed E-state index contributed by atoms with van der Waals surface area (Å²) in [7, 11) is -1.35. The molecule has 6 nitrogen and oxygen atoms in total. The van der Waals surface area contributed by atoms with Crippen LogP contribution in [0.15, 0.2) is 46.8 Å². The first kappa shape index (κ1) is 26.9. The fraction of sp³-hybridized carbons (Fsp3) is 0.476. The third kappa shape index (κ3) is 9.32. The van der Waals surface area contributed by atoms with Crippen LogP contribution in [-0.4, -0.2) is 45.5 Å². The zero-order valence-corrected chi connectivity index (χ0v) is 22.1. The number of aliphatic imine (C=N–C) groups is 1. The summed E-state index contributed by atoms with van der Waals surface area (Å²) < 4.78 is 27.3. The lowest BCUT2D eigenvalue weighted by Gasteiger charge is -2.22. The van der Waals surface area contributed by atoms with Crippen LogP contribution in [0.1, 0.15) is 36.8 Å². The second kappa shape index (κ2) is 13.3. The Morgan fingerprint density at radius 3 is 2.47 bits per heavy atom. The normalized spacial score (nSPS) is 12.0. The van der Waals surface area contributed by atoms with Crippen LogP contribution >= 0.6 is 35.3 Å². The minimum atomic E-state index is -3.38. The zero-order valence-electron chi connectivity index (χ0n) is 18.1. The van der Waals surface area contributed by atoms with Gasteiger partial charge in [0.05, 0.1) is 12.3 Å². The highest BCUT2D eigenvalue weighted by atomic mass is 127. The average Bonchev–Trinajstić information content (AvgIpc) is 3.16. The molecule has 0 saturated heterocycles. The second-order valence-corrected chi connectivity index (χ2v) is 10.0. The molecule has 0 radical (unpaired) electrons. The lowest BCUT2D eigenvalue weighted by molar-refractivity contribution is 0.486. The van der Waals surface area contributed by atoms with Crippen LogP contribution in [0.4, 0.5) is 0 Å². The number of thiophene rings is 1. The van der Waals surface area contributed by atoms with E-state index in [-0.39, 0.29) is 35.8 Å². The number of rotatable bonds is 10. The standard InChI is InChI=1S/C21H32N4O2S2.HI/c1-5-22-21(25(4)13-12-20-11-8-14-28-20)23-15-18-9-6-7-10-19(18)16-29(26,27)24-17(2)3;/h6-11,14,17,24H,5,12-13,15-16H2,1-4H3,(H,22,23);1H. The van der Waals surface area contributed by atoms with E-state index in [1.807, 2.05) is 52.1 Å². The first-order valence-electron chi connectivity index (χ1n) is 9.89.